The summed E-state index contributed by atoms with van der Waals surface area (Å²) < 4.78 is 16.5. The molecule has 3 aromatic carbocycles. The van der Waals surface area contributed by atoms with Gasteiger partial charge in [0.05, 0.1) is 5.39 Å². The van der Waals surface area contributed by atoms with Crippen LogP contribution in [0, 0.1) is 0 Å². The quantitative estimate of drug-likeness (QED) is 0.368. The second-order valence-corrected chi connectivity index (χ2v) is 6.99. The topological polar surface area (TPSA) is 114 Å². The maximum atomic E-state index is 12.7. The molecule has 4 rings (SSSR count). The standard InChI is InChI=1S/C24H19NO6/c25-20(12-15-6-8-16(26)9-7-15)24(28)31-18-10-11-19-21(13-18)29-14-22(23(19)27)30-17-4-2-1-3-5-17/h1-11,13-14,20,26H,12,25H2/p+1/t20-/m1/s1. The normalized spacial score (nSPS) is 11.8. The van der Waals surface area contributed by atoms with E-state index in [1.54, 1.807) is 48.5 Å². The second kappa shape index (κ2) is 8.73. The van der Waals surface area contributed by atoms with Crippen molar-refractivity contribution in [2.45, 2.75) is 12.5 Å². The molecule has 1 atom stereocenters. The summed E-state index contributed by atoms with van der Waals surface area (Å²) in [6, 6.07) is 19.4. The van der Waals surface area contributed by atoms with Crippen molar-refractivity contribution in [3.05, 3.63) is 94.8 Å². The zero-order valence-electron chi connectivity index (χ0n) is 16.5. The van der Waals surface area contributed by atoms with Crippen molar-refractivity contribution in [1.82, 2.24) is 0 Å². The summed E-state index contributed by atoms with van der Waals surface area (Å²) in [6.07, 6.45) is 1.60. The lowest BCUT2D eigenvalue weighted by molar-refractivity contribution is -0.406. The van der Waals surface area contributed by atoms with E-state index in [9.17, 15) is 14.7 Å². The van der Waals surface area contributed by atoms with E-state index in [4.69, 9.17) is 13.9 Å². The van der Waals surface area contributed by atoms with E-state index in [0.29, 0.717) is 17.6 Å². The van der Waals surface area contributed by atoms with Crippen molar-refractivity contribution < 1.29 is 29.5 Å². The van der Waals surface area contributed by atoms with Crippen molar-refractivity contribution in [2.24, 2.45) is 0 Å². The molecule has 0 fully saturated rings. The van der Waals surface area contributed by atoms with Gasteiger partial charge in [0.25, 0.3) is 0 Å². The third-order valence-corrected chi connectivity index (χ3v) is 4.66. The van der Waals surface area contributed by atoms with Crippen molar-refractivity contribution in [2.75, 3.05) is 0 Å². The Morgan fingerprint density at radius 2 is 1.74 bits per heavy atom. The number of esters is 1. The van der Waals surface area contributed by atoms with E-state index in [0.717, 1.165) is 5.56 Å². The predicted octanol–water partition coefficient (Wildman–Crippen LogP) is 3.05. The summed E-state index contributed by atoms with van der Waals surface area (Å²) >= 11 is 0. The first-order valence-corrected chi connectivity index (χ1v) is 9.61. The van der Waals surface area contributed by atoms with Gasteiger partial charge < -0.3 is 24.7 Å². The van der Waals surface area contributed by atoms with Crippen LogP contribution in [0.3, 0.4) is 0 Å². The Labute approximate surface area is 177 Å². The molecule has 7 heteroatoms. The van der Waals surface area contributed by atoms with Gasteiger partial charge in [-0.3, -0.25) is 4.79 Å². The smallest absolute Gasteiger partial charge is 0.370 e. The molecule has 1 aromatic heterocycles. The summed E-state index contributed by atoms with van der Waals surface area (Å²) in [4.78, 5) is 25.1. The summed E-state index contributed by atoms with van der Waals surface area (Å²) in [5.74, 6) is 0.474. The number of ether oxygens (including phenoxy) is 2. The van der Waals surface area contributed by atoms with Gasteiger partial charge in [-0.05, 0) is 42.0 Å². The number of hydrogen-bond donors (Lipinski definition) is 2. The number of fused-ring (bicyclic) bond motifs is 1. The van der Waals surface area contributed by atoms with Gasteiger partial charge in [0, 0.05) is 12.5 Å². The molecule has 1 heterocycles. The molecule has 0 aliphatic heterocycles. The molecule has 4 aromatic rings. The molecule has 0 aliphatic carbocycles. The van der Waals surface area contributed by atoms with E-state index in [1.807, 2.05) is 6.07 Å². The minimum Gasteiger partial charge on any atom is -0.508 e. The van der Waals surface area contributed by atoms with Crippen molar-refractivity contribution in [1.29, 1.82) is 0 Å². The Morgan fingerprint density at radius 1 is 1.00 bits per heavy atom. The largest absolute Gasteiger partial charge is 0.508 e. The van der Waals surface area contributed by atoms with Gasteiger partial charge in [-0.2, -0.15) is 0 Å². The van der Waals surface area contributed by atoms with Crippen molar-refractivity contribution in [3.8, 4) is 23.0 Å². The molecule has 156 valence electrons. The first kappa shape index (κ1) is 20.2. The molecule has 0 aliphatic rings. The van der Waals surface area contributed by atoms with Gasteiger partial charge in [0.2, 0.25) is 11.2 Å². The predicted molar refractivity (Wildman–Crippen MR) is 113 cm³/mol. The average molecular weight is 418 g/mol. The van der Waals surface area contributed by atoms with Gasteiger partial charge >= 0.3 is 5.97 Å². The maximum absolute atomic E-state index is 12.7. The van der Waals surface area contributed by atoms with Crippen LogP contribution in [0.15, 0.2) is 88.3 Å². The Kier molecular flexibility index (Phi) is 5.68. The van der Waals surface area contributed by atoms with Crippen LogP contribution in [0.1, 0.15) is 5.56 Å². The fourth-order valence-corrected chi connectivity index (χ4v) is 3.04. The second-order valence-electron chi connectivity index (χ2n) is 6.99. The molecule has 7 nitrogen and oxygen atoms in total. The highest BCUT2D eigenvalue weighted by Gasteiger charge is 2.21. The Balaban J connectivity index is 1.48. The number of carbonyl (C=O) groups is 1. The van der Waals surface area contributed by atoms with E-state index < -0.39 is 12.0 Å². The van der Waals surface area contributed by atoms with Gasteiger partial charge in [0.15, 0.2) is 6.04 Å². The third kappa shape index (κ3) is 4.73. The average Bonchev–Trinajstić information content (AvgIpc) is 2.78. The molecular formula is C24H20NO6+. The summed E-state index contributed by atoms with van der Waals surface area (Å²) in [5.41, 5.74) is 4.65. The minimum absolute atomic E-state index is 0.0650. The Hall–Kier alpha value is -4.10. The maximum Gasteiger partial charge on any atom is 0.370 e. The van der Waals surface area contributed by atoms with E-state index in [2.05, 4.69) is 5.73 Å². The lowest BCUT2D eigenvalue weighted by Gasteiger charge is -2.10. The number of quaternary nitrogens is 1. The molecule has 0 spiro atoms. The number of phenolic OH excluding ortho intramolecular Hbond substituents is 1. The van der Waals surface area contributed by atoms with Gasteiger partial charge in [0.1, 0.15) is 29.1 Å². The van der Waals surface area contributed by atoms with E-state index in [-0.39, 0.29) is 28.3 Å². The molecule has 0 saturated carbocycles. The zero-order valence-corrected chi connectivity index (χ0v) is 16.5. The highest BCUT2D eigenvalue weighted by Crippen LogP contribution is 2.24. The first-order chi connectivity index (χ1) is 15.0. The SMILES string of the molecule is [NH3+][C@H](Cc1ccc(O)cc1)C(=O)Oc1ccc2c(=O)c(Oc3ccccc3)coc2c1. The van der Waals surface area contributed by atoms with E-state index in [1.165, 1.54) is 24.5 Å². The third-order valence-electron chi connectivity index (χ3n) is 4.66. The lowest BCUT2D eigenvalue weighted by atomic mass is 10.1. The van der Waals surface area contributed by atoms with Crippen molar-refractivity contribution in [3.63, 3.8) is 0 Å². The van der Waals surface area contributed by atoms with Crippen LogP contribution in [0.2, 0.25) is 0 Å². The number of benzene rings is 3. The molecule has 4 N–H and O–H groups in total. The van der Waals surface area contributed by atoms with Gasteiger partial charge in [-0.15, -0.1) is 0 Å². The molecule has 0 radical (unpaired) electrons. The van der Waals surface area contributed by atoms with Crippen molar-refractivity contribution >= 4 is 16.9 Å². The van der Waals surface area contributed by atoms with Crippen LogP contribution >= 0.6 is 0 Å². The molecule has 0 unspecified atom stereocenters. The number of aromatic hydroxyl groups is 1. The fourth-order valence-electron chi connectivity index (χ4n) is 3.04. The van der Waals surface area contributed by atoms with Crippen LogP contribution in [0.5, 0.6) is 23.0 Å². The lowest BCUT2D eigenvalue weighted by Crippen LogP contribution is -2.67. The van der Waals surface area contributed by atoms with E-state index >= 15 is 0 Å². The summed E-state index contributed by atoms with van der Waals surface area (Å²) in [6.45, 7) is 0. The number of phenols is 1. The summed E-state index contributed by atoms with van der Waals surface area (Å²) in [5, 5.41) is 9.65. The van der Waals surface area contributed by atoms with Crippen LogP contribution in [0.25, 0.3) is 11.0 Å². The summed E-state index contributed by atoms with van der Waals surface area (Å²) in [7, 11) is 0. The van der Waals surface area contributed by atoms with Crippen LogP contribution in [0.4, 0.5) is 0 Å². The molecule has 0 amide bonds. The highest BCUT2D eigenvalue weighted by molar-refractivity contribution is 5.82. The molecule has 0 saturated heterocycles. The Bertz CT molecular complexity index is 1260. The van der Waals surface area contributed by atoms with Crippen LogP contribution < -0.4 is 20.6 Å². The number of hydrogen-bond acceptors (Lipinski definition) is 6. The number of carbonyl (C=O) groups excluding carboxylic acids is 1. The minimum atomic E-state index is -0.645. The van der Waals surface area contributed by atoms with Gasteiger partial charge in [-0.25, -0.2) is 4.79 Å². The highest BCUT2D eigenvalue weighted by atomic mass is 16.5. The monoisotopic (exact) mass is 418 g/mol. The van der Waals surface area contributed by atoms with Gasteiger partial charge in [-0.1, -0.05) is 30.3 Å². The fraction of sp³-hybridized carbons (Fsp3) is 0.0833. The Morgan fingerprint density at radius 3 is 2.48 bits per heavy atom. The molecular weight excluding hydrogens is 398 g/mol. The van der Waals surface area contributed by atoms with Crippen LogP contribution in [-0.4, -0.2) is 17.1 Å². The first-order valence-electron chi connectivity index (χ1n) is 9.61. The molecule has 0 bridgehead atoms. The number of rotatable bonds is 6. The number of para-hydroxylation sites is 1. The zero-order chi connectivity index (χ0) is 21.8. The molecule has 31 heavy (non-hydrogen) atoms. The van der Waals surface area contributed by atoms with Crippen LogP contribution in [-0.2, 0) is 11.2 Å².